The fourth-order valence-electron chi connectivity index (χ4n) is 1.32. The van der Waals surface area contributed by atoms with Gasteiger partial charge in [-0.2, -0.15) is 0 Å². The molecule has 0 saturated carbocycles. The summed E-state index contributed by atoms with van der Waals surface area (Å²) in [6.07, 6.45) is 3.26. The molecule has 0 spiro atoms. The van der Waals surface area contributed by atoms with Crippen LogP contribution >= 0.6 is 11.8 Å². The smallest absolute Gasteiger partial charge is 0.255 e. The van der Waals surface area contributed by atoms with Gasteiger partial charge in [-0.15, -0.1) is 0 Å². The quantitative estimate of drug-likeness (QED) is 0.616. The maximum Gasteiger partial charge on any atom is 0.255 e. The summed E-state index contributed by atoms with van der Waals surface area (Å²) in [5, 5.41) is 4.11. The number of nitrogens with one attached hydrogen (secondary N) is 1. The highest BCUT2D eigenvalue weighted by Gasteiger charge is 1.97. The largest absolute Gasteiger partial charge is 0.440 e. The third-order valence-electron chi connectivity index (χ3n) is 2.09. The van der Waals surface area contributed by atoms with Crippen LogP contribution < -0.4 is 5.32 Å². The van der Waals surface area contributed by atoms with Crippen LogP contribution in [0.1, 0.15) is 5.56 Å². The molecule has 0 aliphatic rings. The van der Waals surface area contributed by atoms with E-state index in [-0.39, 0.29) is 0 Å². The Morgan fingerprint density at radius 1 is 1.25 bits per heavy atom. The van der Waals surface area contributed by atoms with Crippen LogP contribution in [0.15, 0.2) is 52.4 Å². The first-order valence-corrected chi connectivity index (χ1v) is 6.20. The first-order valence-electron chi connectivity index (χ1n) is 5.22. The number of rotatable bonds is 6. The average molecular weight is 234 g/mol. The lowest BCUT2D eigenvalue weighted by Gasteiger charge is -2.03. The van der Waals surface area contributed by atoms with Crippen LogP contribution in [0.5, 0.6) is 0 Å². The molecule has 1 aromatic carbocycles. The van der Waals surface area contributed by atoms with Crippen LogP contribution in [0.4, 0.5) is 0 Å². The zero-order valence-electron chi connectivity index (χ0n) is 8.93. The maximum atomic E-state index is 5.12. The molecule has 84 valence electrons. The summed E-state index contributed by atoms with van der Waals surface area (Å²) >= 11 is 1.62. The molecular weight excluding hydrogens is 220 g/mol. The minimum absolute atomic E-state index is 0.738. The van der Waals surface area contributed by atoms with Crippen molar-refractivity contribution in [3.05, 3.63) is 48.4 Å². The molecule has 4 heteroatoms. The van der Waals surface area contributed by atoms with Crippen molar-refractivity contribution in [3.8, 4) is 0 Å². The summed E-state index contributed by atoms with van der Waals surface area (Å²) in [5.74, 6) is 0.966. The van der Waals surface area contributed by atoms with Crippen molar-refractivity contribution in [1.82, 2.24) is 10.3 Å². The van der Waals surface area contributed by atoms with E-state index in [1.165, 1.54) is 5.56 Å². The second-order valence-corrected chi connectivity index (χ2v) is 4.36. The number of thioether (sulfide) groups is 1. The van der Waals surface area contributed by atoms with E-state index < -0.39 is 0 Å². The van der Waals surface area contributed by atoms with Crippen LogP contribution in [0.3, 0.4) is 0 Å². The molecule has 1 heterocycles. The van der Waals surface area contributed by atoms with E-state index in [2.05, 4.69) is 34.6 Å². The van der Waals surface area contributed by atoms with Gasteiger partial charge >= 0.3 is 0 Å². The molecule has 2 rings (SSSR count). The highest BCUT2D eigenvalue weighted by Crippen LogP contribution is 2.13. The molecule has 3 nitrogen and oxygen atoms in total. The van der Waals surface area contributed by atoms with Gasteiger partial charge in [0.1, 0.15) is 6.26 Å². The average Bonchev–Trinajstić information content (AvgIpc) is 2.83. The molecule has 0 aliphatic heterocycles. The van der Waals surface area contributed by atoms with Gasteiger partial charge in [0.15, 0.2) is 0 Å². The molecule has 0 aliphatic carbocycles. The van der Waals surface area contributed by atoms with Gasteiger partial charge in [0.25, 0.3) is 5.22 Å². The minimum atomic E-state index is 0.738. The Hall–Kier alpha value is -1.26. The zero-order chi connectivity index (χ0) is 11.1. The van der Waals surface area contributed by atoms with Gasteiger partial charge in [0.2, 0.25) is 0 Å². The van der Waals surface area contributed by atoms with Gasteiger partial charge < -0.3 is 9.73 Å². The topological polar surface area (TPSA) is 38.1 Å². The lowest BCUT2D eigenvalue weighted by Crippen LogP contribution is -2.16. The highest BCUT2D eigenvalue weighted by atomic mass is 32.2. The Kier molecular flexibility index (Phi) is 4.46. The Bertz CT molecular complexity index is 389. The molecule has 0 atom stereocenters. The molecule has 1 N–H and O–H groups in total. The monoisotopic (exact) mass is 234 g/mol. The molecule has 0 radical (unpaired) electrons. The van der Waals surface area contributed by atoms with Gasteiger partial charge in [-0.1, -0.05) is 42.1 Å². The van der Waals surface area contributed by atoms with Crippen molar-refractivity contribution in [2.45, 2.75) is 11.8 Å². The van der Waals surface area contributed by atoms with Crippen molar-refractivity contribution in [3.63, 3.8) is 0 Å². The van der Waals surface area contributed by atoms with E-state index in [1.807, 2.05) is 6.07 Å². The number of nitrogens with zero attached hydrogens (tertiary/aromatic N) is 1. The Morgan fingerprint density at radius 3 is 2.88 bits per heavy atom. The summed E-state index contributed by atoms with van der Waals surface area (Å²) in [4.78, 5) is 4.04. The number of benzene rings is 1. The third-order valence-corrected chi connectivity index (χ3v) is 2.94. The molecule has 2 aromatic rings. The molecular formula is C12H14N2OS. The molecule has 0 bridgehead atoms. The number of aromatic nitrogens is 1. The van der Waals surface area contributed by atoms with Gasteiger partial charge in [0, 0.05) is 18.8 Å². The maximum absolute atomic E-state index is 5.12. The summed E-state index contributed by atoms with van der Waals surface area (Å²) < 4.78 is 5.12. The van der Waals surface area contributed by atoms with E-state index >= 15 is 0 Å². The van der Waals surface area contributed by atoms with Crippen LogP contribution in [-0.4, -0.2) is 17.3 Å². The summed E-state index contributed by atoms with van der Waals surface area (Å²) in [6, 6.07) is 10.4. The standard InChI is InChI=1S/C12H14N2OS/c1-2-4-11(5-3-1)10-13-7-9-16-12-14-6-8-15-12/h1-6,8,13H,7,9-10H2. The van der Waals surface area contributed by atoms with Crippen molar-refractivity contribution in [2.24, 2.45) is 0 Å². The third kappa shape index (κ3) is 3.72. The SMILES string of the molecule is c1ccc(CNCCSc2ncco2)cc1. The van der Waals surface area contributed by atoms with Crippen molar-refractivity contribution >= 4 is 11.8 Å². The molecule has 0 amide bonds. The van der Waals surface area contributed by atoms with Crippen molar-refractivity contribution < 1.29 is 4.42 Å². The van der Waals surface area contributed by atoms with Crippen molar-refractivity contribution in [2.75, 3.05) is 12.3 Å². The van der Waals surface area contributed by atoms with Crippen LogP contribution in [0, 0.1) is 0 Å². The highest BCUT2D eigenvalue weighted by molar-refractivity contribution is 7.99. The Labute approximate surface area is 99.3 Å². The molecule has 0 fully saturated rings. The molecule has 16 heavy (non-hydrogen) atoms. The normalized spacial score (nSPS) is 10.5. The minimum Gasteiger partial charge on any atom is -0.440 e. The van der Waals surface area contributed by atoms with Crippen molar-refractivity contribution in [1.29, 1.82) is 0 Å². The van der Waals surface area contributed by atoms with E-state index in [0.29, 0.717) is 0 Å². The molecule has 1 aromatic heterocycles. The van der Waals surface area contributed by atoms with E-state index in [1.54, 1.807) is 24.2 Å². The van der Waals surface area contributed by atoms with Crippen LogP contribution in [-0.2, 0) is 6.54 Å². The van der Waals surface area contributed by atoms with Gasteiger partial charge in [-0.05, 0) is 5.56 Å². The van der Waals surface area contributed by atoms with Crippen LogP contribution in [0.2, 0.25) is 0 Å². The Morgan fingerprint density at radius 2 is 2.12 bits per heavy atom. The summed E-state index contributed by atoms with van der Waals surface area (Å²) in [5.41, 5.74) is 1.31. The fourth-order valence-corrected chi connectivity index (χ4v) is 2.00. The number of hydrogen-bond donors (Lipinski definition) is 1. The Balaban J connectivity index is 1.59. The van der Waals surface area contributed by atoms with Crippen LogP contribution in [0.25, 0.3) is 0 Å². The van der Waals surface area contributed by atoms with E-state index in [9.17, 15) is 0 Å². The lowest BCUT2D eigenvalue weighted by atomic mass is 10.2. The summed E-state index contributed by atoms with van der Waals surface area (Å²) in [7, 11) is 0. The predicted octanol–water partition coefficient (Wildman–Crippen LogP) is 2.56. The summed E-state index contributed by atoms with van der Waals surface area (Å²) in [6.45, 7) is 1.86. The molecule has 0 unspecified atom stereocenters. The zero-order valence-corrected chi connectivity index (χ0v) is 9.74. The lowest BCUT2D eigenvalue weighted by molar-refractivity contribution is 0.454. The second-order valence-electron chi connectivity index (χ2n) is 3.31. The van der Waals surface area contributed by atoms with Gasteiger partial charge in [-0.25, -0.2) is 4.98 Å². The second kappa shape index (κ2) is 6.35. The number of oxazole rings is 1. The van der Waals surface area contributed by atoms with Gasteiger partial charge in [-0.3, -0.25) is 0 Å². The fraction of sp³-hybridized carbons (Fsp3) is 0.250. The van der Waals surface area contributed by atoms with E-state index in [4.69, 9.17) is 4.42 Å². The van der Waals surface area contributed by atoms with Gasteiger partial charge in [0.05, 0.1) is 6.20 Å². The first kappa shape index (κ1) is 11.2. The predicted molar refractivity (Wildman–Crippen MR) is 65.4 cm³/mol. The number of hydrogen-bond acceptors (Lipinski definition) is 4. The first-order chi connectivity index (χ1) is 7.95. The van der Waals surface area contributed by atoms with E-state index in [0.717, 1.165) is 24.1 Å². The molecule has 0 saturated heterocycles.